The van der Waals surface area contributed by atoms with Crippen molar-refractivity contribution in [3.8, 4) is 23.1 Å². The molecule has 0 aliphatic rings. The molecule has 0 amide bonds. The lowest BCUT2D eigenvalue weighted by Gasteiger charge is -2.09. The first kappa shape index (κ1) is 17.7. The Kier molecular flexibility index (Phi) is 4.65. The van der Waals surface area contributed by atoms with E-state index in [0.717, 1.165) is 15.0 Å². The Morgan fingerprint density at radius 2 is 2.04 bits per heavy atom. The molecule has 7 heteroatoms. The predicted octanol–water partition coefficient (Wildman–Crippen LogP) is 5.76. The Morgan fingerprint density at radius 3 is 2.74 bits per heavy atom. The van der Waals surface area contributed by atoms with Crippen molar-refractivity contribution in [1.29, 1.82) is 0 Å². The second-order valence-electron chi connectivity index (χ2n) is 5.85. The number of benzene rings is 1. The van der Waals surface area contributed by atoms with Crippen LogP contribution in [-0.2, 0) is 0 Å². The van der Waals surface area contributed by atoms with Crippen LogP contribution in [0.15, 0.2) is 48.0 Å². The van der Waals surface area contributed by atoms with Crippen LogP contribution in [0, 0.1) is 18.8 Å². The van der Waals surface area contributed by atoms with Gasteiger partial charge in [0.25, 0.3) is 6.43 Å². The van der Waals surface area contributed by atoms with E-state index in [2.05, 4.69) is 21.9 Å². The van der Waals surface area contributed by atoms with Crippen LogP contribution in [0.4, 0.5) is 8.78 Å². The van der Waals surface area contributed by atoms with Gasteiger partial charge in [-0.05, 0) is 42.1 Å². The first-order valence-electron chi connectivity index (χ1n) is 8.02. The van der Waals surface area contributed by atoms with Crippen molar-refractivity contribution in [3.05, 3.63) is 74.7 Å². The van der Waals surface area contributed by atoms with Gasteiger partial charge in [0.2, 0.25) is 0 Å². The molecule has 3 nitrogen and oxygen atoms in total. The van der Waals surface area contributed by atoms with E-state index in [1.807, 2.05) is 30.5 Å². The van der Waals surface area contributed by atoms with E-state index in [-0.39, 0.29) is 5.69 Å². The number of alkyl halides is 2. The molecule has 0 atom stereocenters. The van der Waals surface area contributed by atoms with Gasteiger partial charge in [0.15, 0.2) is 5.65 Å². The molecule has 0 aliphatic carbocycles. The minimum atomic E-state index is -2.69. The van der Waals surface area contributed by atoms with Gasteiger partial charge in [-0.3, -0.25) is 0 Å². The third-order valence-corrected chi connectivity index (χ3v) is 5.23. The molecule has 0 saturated carbocycles. The fraction of sp³-hybridized carbons (Fsp3) is 0.100. The Balaban J connectivity index is 1.90. The number of hydrogen-bond acceptors (Lipinski definition) is 3. The number of nitrogens with zero attached hydrogens (tertiary/aromatic N) is 3. The first-order chi connectivity index (χ1) is 13.0. The molecule has 0 N–H and O–H groups in total. The Bertz CT molecular complexity index is 1190. The summed E-state index contributed by atoms with van der Waals surface area (Å²) in [5, 5.41) is 6.60. The van der Waals surface area contributed by atoms with Gasteiger partial charge in [0.1, 0.15) is 5.69 Å². The largest absolute Gasteiger partial charge is 0.280 e. The fourth-order valence-electron chi connectivity index (χ4n) is 2.66. The Morgan fingerprint density at radius 1 is 1.19 bits per heavy atom. The number of aryl methyl sites for hydroxylation is 1. The molecule has 1 aromatic carbocycles. The molecule has 0 saturated heterocycles. The summed E-state index contributed by atoms with van der Waals surface area (Å²) in [6.07, 6.45) is -1.23. The quantitative estimate of drug-likeness (QED) is 0.401. The molecule has 0 unspecified atom stereocenters. The zero-order valence-electron chi connectivity index (χ0n) is 14.1. The lowest BCUT2D eigenvalue weighted by atomic mass is 10.1. The van der Waals surface area contributed by atoms with Crippen LogP contribution in [0.2, 0.25) is 5.02 Å². The molecular weight excluding hydrogens is 388 g/mol. The third-order valence-electron chi connectivity index (χ3n) is 4.02. The van der Waals surface area contributed by atoms with Gasteiger partial charge < -0.3 is 0 Å². The monoisotopic (exact) mass is 399 g/mol. The van der Waals surface area contributed by atoms with Crippen LogP contribution in [0.5, 0.6) is 0 Å². The lowest BCUT2D eigenvalue weighted by molar-refractivity contribution is 0.143. The van der Waals surface area contributed by atoms with Crippen molar-refractivity contribution >= 4 is 28.6 Å². The average Bonchev–Trinajstić information content (AvgIpc) is 3.30. The number of thiophene rings is 1. The molecule has 0 spiro atoms. The van der Waals surface area contributed by atoms with Gasteiger partial charge in [-0.1, -0.05) is 35.6 Å². The van der Waals surface area contributed by atoms with E-state index in [1.54, 1.807) is 12.1 Å². The van der Waals surface area contributed by atoms with E-state index in [0.29, 0.717) is 27.5 Å². The molecule has 0 fully saturated rings. The van der Waals surface area contributed by atoms with Crippen LogP contribution in [0.3, 0.4) is 0 Å². The zero-order valence-corrected chi connectivity index (χ0v) is 15.7. The molecule has 3 heterocycles. The second-order valence-corrected chi connectivity index (χ2v) is 7.21. The molecule has 0 aliphatic heterocycles. The summed E-state index contributed by atoms with van der Waals surface area (Å²) >= 11 is 7.58. The fourth-order valence-corrected chi connectivity index (χ4v) is 3.35. The summed E-state index contributed by atoms with van der Waals surface area (Å²) in [6.45, 7) is 1.86. The molecule has 3 aromatic heterocycles. The number of aromatic nitrogens is 3. The number of hydrogen-bond donors (Lipinski definition) is 0. The van der Waals surface area contributed by atoms with Crippen molar-refractivity contribution in [1.82, 2.24) is 14.6 Å². The van der Waals surface area contributed by atoms with Gasteiger partial charge in [-0.15, -0.1) is 11.3 Å². The first-order valence-corrected chi connectivity index (χ1v) is 9.27. The maximum absolute atomic E-state index is 13.6. The molecule has 27 heavy (non-hydrogen) atoms. The predicted molar refractivity (Wildman–Crippen MR) is 103 cm³/mol. The van der Waals surface area contributed by atoms with E-state index < -0.39 is 6.43 Å². The van der Waals surface area contributed by atoms with Crippen LogP contribution < -0.4 is 0 Å². The number of rotatable bonds is 2. The third kappa shape index (κ3) is 3.44. The summed E-state index contributed by atoms with van der Waals surface area (Å²) < 4.78 is 28.4. The summed E-state index contributed by atoms with van der Waals surface area (Å²) in [5.74, 6) is 6.00. The molecule has 0 bridgehead atoms. The van der Waals surface area contributed by atoms with Crippen LogP contribution in [-0.4, -0.2) is 14.6 Å². The second kappa shape index (κ2) is 7.10. The van der Waals surface area contributed by atoms with Crippen molar-refractivity contribution in [2.24, 2.45) is 0 Å². The van der Waals surface area contributed by atoms with E-state index in [1.165, 1.54) is 23.6 Å². The minimum absolute atomic E-state index is 0.230. The van der Waals surface area contributed by atoms with Crippen molar-refractivity contribution < 1.29 is 8.78 Å². The number of fused-ring (bicyclic) bond motifs is 1. The molecule has 4 rings (SSSR count). The summed E-state index contributed by atoms with van der Waals surface area (Å²) in [6, 6.07) is 10.5. The Labute approximate surface area is 163 Å². The van der Waals surface area contributed by atoms with Gasteiger partial charge in [-0.25, -0.2) is 18.3 Å². The van der Waals surface area contributed by atoms with Crippen molar-refractivity contribution in [3.63, 3.8) is 0 Å². The zero-order chi connectivity index (χ0) is 19.0. The smallest absolute Gasteiger partial charge is 0.227 e. The minimum Gasteiger partial charge on any atom is -0.227 e. The van der Waals surface area contributed by atoms with Gasteiger partial charge >= 0.3 is 0 Å². The highest BCUT2D eigenvalue weighted by molar-refractivity contribution is 7.10. The summed E-state index contributed by atoms with van der Waals surface area (Å²) in [7, 11) is 0. The van der Waals surface area contributed by atoms with Gasteiger partial charge in [0, 0.05) is 10.6 Å². The highest BCUT2D eigenvalue weighted by atomic mass is 35.5. The van der Waals surface area contributed by atoms with Gasteiger partial charge in [0.05, 0.1) is 22.3 Å². The molecular formula is C20H12ClF2N3S. The lowest BCUT2D eigenvalue weighted by Crippen LogP contribution is -2.02. The van der Waals surface area contributed by atoms with Crippen molar-refractivity contribution in [2.45, 2.75) is 13.3 Å². The molecule has 0 radical (unpaired) electrons. The van der Waals surface area contributed by atoms with Crippen LogP contribution in [0.1, 0.15) is 28.1 Å². The normalized spacial score (nSPS) is 11.0. The van der Waals surface area contributed by atoms with Crippen LogP contribution >= 0.6 is 22.9 Å². The SMILES string of the molecule is Cc1cc(-c2cc(C(F)F)n3ncc(C#Cc4cccs4)c3n2)ccc1Cl. The maximum atomic E-state index is 13.6. The van der Waals surface area contributed by atoms with E-state index >= 15 is 0 Å². The van der Waals surface area contributed by atoms with Crippen molar-refractivity contribution in [2.75, 3.05) is 0 Å². The molecule has 134 valence electrons. The topological polar surface area (TPSA) is 30.2 Å². The number of halogens is 3. The highest BCUT2D eigenvalue weighted by Gasteiger charge is 2.18. The maximum Gasteiger partial charge on any atom is 0.280 e. The standard InChI is InChI=1S/C20H12ClF2N3S/c1-12-9-13(5-7-16(12)21)17-10-18(19(22)23)26-20(25-17)14(11-24-26)4-6-15-3-2-8-27-15/h2-3,5,7-11,19H,1H3. The van der Waals surface area contributed by atoms with Gasteiger partial charge in [-0.2, -0.15) is 5.10 Å². The van der Waals surface area contributed by atoms with E-state index in [4.69, 9.17) is 11.6 Å². The Hall–Kier alpha value is -2.75. The van der Waals surface area contributed by atoms with Crippen LogP contribution in [0.25, 0.3) is 16.9 Å². The average molecular weight is 400 g/mol. The molecule has 4 aromatic rings. The highest BCUT2D eigenvalue weighted by Crippen LogP contribution is 2.28. The summed E-state index contributed by atoms with van der Waals surface area (Å²) in [4.78, 5) is 5.43. The van der Waals surface area contributed by atoms with E-state index in [9.17, 15) is 8.78 Å². The summed E-state index contributed by atoms with van der Waals surface area (Å²) in [5.41, 5.74) is 2.56.